The fourth-order valence-corrected chi connectivity index (χ4v) is 4.69. The zero-order valence-electron chi connectivity index (χ0n) is 17.9. The number of ketones is 1. The van der Waals surface area contributed by atoms with Crippen LogP contribution in [0.5, 0.6) is 11.5 Å². The maximum absolute atomic E-state index is 13.3. The topological polar surface area (TPSA) is 64.6 Å². The average molecular weight is 440 g/mol. The Labute approximate surface area is 187 Å². The molecule has 2 aromatic rings. The fraction of sp³-hybridized carbons (Fsp3) is 0.360. The molecule has 1 aliphatic heterocycles. The summed E-state index contributed by atoms with van der Waals surface area (Å²) in [6.07, 6.45) is 1.27. The Kier molecular flexibility index (Phi) is 6.05. The number of halogens is 1. The summed E-state index contributed by atoms with van der Waals surface area (Å²) in [5, 5.41) is 3.56. The molecule has 0 radical (unpaired) electrons. The van der Waals surface area contributed by atoms with Gasteiger partial charge in [-0.15, -0.1) is 0 Å². The third-order valence-electron chi connectivity index (χ3n) is 5.81. The third-order valence-corrected chi connectivity index (χ3v) is 6.04. The minimum absolute atomic E-state index is 0.0320. The first-order valence-electron chi connectivity index (χ1n) is 10.5. The van der Waals surface area contributed by atoms with E-state index in [2.05, 4.69) is 5.32 Å². The van der Waals surface area contributed by atoms with E-state index in [9.17, 15) is 9.59 Å². The van der Waals surface area contributed by atoms with E-state index in [1.165, 1.54) is 0 Å². The minimum Gasteiger partial charge on any atom is -0.493 e. The number of carbonyl (C=O) groups is 2. The van der Waals surface area contributed by atoms with E-state index >= 15 is 0 Å². The van der Waals surface area contributed by atoms with Gasteiger partial charge < -0.3 is 14.8 Å². The summed E-state index contributed by atoms with van der Waals surface area (Å²) in [7, 11) is 1.61. The van der Waals surface area contributed by atoms with Gasteiger partial charge >= 0.3 is 0 Å². The van der Waals surface area contributed by atoms with Crippen LogP contribution >= 0.6 is 11.6 Å². The molecule has 0 fully saturated rings. The molecule has 162 valence electrons. The van der Waals surface area contributed by atoms with Crippen LogP contribution in [-0.4, -0.2) is 24.9 Å². The molecule has 5 nitrogen and oxygen atoms in total. The lowest BCUT2D eigenvalue weighted by Crippen LogP contribution is -2.38. The van der Waals surface area contributed by atoms with Crippen molar-refractivity contribution in [2.45, 2.75) is 51.0 Å². The van der Waals surface area contributed by atoms with Crippen molar-refractivity contribution in [1.29, 1.82) is 0 Å². The maximum Gasteiger partial charge on any atom is 0.225 e. The molecule has 0 aromatic heterocycles. The zero-order chi connectivity index (χ0) is 22.1. The van der Waals surface area contributed by atoms with Crippen LogP contribution in [-0.2, 0) is 9.59 Å². The smallest absolute Gasteiger partial charge is 0.225 e. The number of amides is 1. The van der Waals surface area contributed by atoms with Crippen LogP contribution in [0.4, 0.5) is 0 Å². The van der Waals surface area contributed by atoms with Crippen molar-refractivity contribution in [2.24, 2.45) is 0 Å². The fourth-order valence-electron chi connectivity index (χ4n) is 4.49. The summed E-state index contributed by atoms with van der Waals surface area (Å²) < 4.78 is 11.3. The molecular weight excluding hydrogens is 414 g/mol. The molecular formula is C25H26ClNO4. The van der Waals surface area contributed by atoms with Crippen molar-refractivity contribution < 1.29 is 19.1 Å². The average Bonchev–Trinajstić information content (AvgIpc) is 2.72. The van der Waals surface area contributed by atoms with Gasteiger partial charge in [0.1, 0.15) is 0 Å². The second-order valence-electron chi connectivity index (χ2n) is 8.36. The lowest BCUT2D eigenvalue weighted by atomic mass is 9.73. The third kappa shape index (κ3) is 4.47. The summed E-state index contributed by atoms with van der Waals surface area (Å²) in [6.45, 7) is 3.92. The predicted octanol–water partition coefficient (Wildman–Crippen LogP) is 5.14. The van der Waals surface area contributed by atoms with Crippen molar-refractivity contribution >= 4 is 23.3 Å². The van der Waals surface area contributed by atoms with Gasteiger partial charge in [-0.25, -0.2) is 0 Å². The molecule has 2 aliphatic rings. The Morgan fingerprint density at radius 3 is 2.52 bits per heavy atom. The number of carbonyl (C=O) groups excluding carboxylic acids is 2. The van der Waals surface area contributed by atoms with Crippen LogP contribution < -0.4 is 14.8 Å². The summed E-state index contributed by atoms with van der Waals surface area (Å²) in [5.41, 5.74) is 3.33. The van der Waals surface area contributed by atoms with Crippen molar-refractivity contribution in [3.63, 3.8) is 0 Å². The van der Waals surface area contributed by atoms with Crippen LogP contribution in [0.3, 0.4) is 0 Å². The Bertz CT molecular complexity index is 1060. The molecule has 0 bridgehead atoms. The van der Waals surface area contributed by atoms with Gasteiger partial charge in [0.05, 0.1) is 13.2 Å². The monoisotopic (exact) mass is 439 g/mol. The lowest BCUT2D eigenvalue weighted by molar-refractivity contribution is -0.122. The molecule has 0 saturated carbocycles. The molecule has 0 unspecified atom stereocenters. The van der Waals surface area contributed by atoms with Crippen molar-refractivity contribution in [3.05, 3.63) is 69.9 Å². The zero-order valence-corrected chi connectivity index (χ0v) is 18.7. The van der Waals surface area contributed by atoms with E-state index in [4.69, 9.17) is 21.1 Å². The first-order chi connectivity index (χ1) is 14.9. The predicted molar refractivity (Wildman–Crippen MR) is 120 cm³/mol. The highest BCUT2D eigenvalue weighted by molar-refractivity contribution is 6.30. The summed E-state index contributed by atoms with van der Waals surface area (Å²) in [6, 6.07) is 13.2. The van der Waals surface area contributed by atoms with Gasteiger partial charge in [0, 0.05) is 35.1 Å². The van der Waals surface area contributed by atoms with Gasteiger partial charge in [0.2, 0.25) is 5.91 Å². The molecule has 0 spiro atoms. The van der Waals surface area contributed by atoms with E-state index in [-0.39, 0.29) is 36.1 Å². The second-order valence-corrected chi connectivity index (χ2v) is 8.79. The summed E-state index contributed by atoms with van der Waals surface area (Å²) >= 11 is 6.16. The number of allylic oxidation sites excluding steroid dienone is 2. The highest BCUT2D eigenvalue weighted by Gasteiger charge is 2.38. The van der Waals surface area contributed by atoms with Crippen LogP contribution in [0.1, 0.15) is 56.1 Å². The van der Waals surface area contributed by atoms with Crippen molar-refractivity contribution in [1.82, 2.24) is 5.32 Å². The first-order valence-corrected chi connectivity index (χ1v) is 10.9. The second kappa shape index (κ2) is 8.75. The highest BCUT2D eigenvalue weighted by Crippen LogP contribution is 2.44. The Balaban J connectivity index is 1.66. The molecule has 2 aromatic carbocycles. The van der Waals surface area contributed by atoms with E-state index in [1.807, 2.05) is 50.2 Å². The number of methoxy groups -OCH3 is 1. The van der Waals surface area contributed by atoms with E-state index in [0.717, 1.165) is 16.8 Å². The van der Waals surface area contributed by atoms with Gasteiger partial charge in [0.15, 0.2) is 17.3 Å². The molecule has 31 heavy (non-hydrogen) atoms. The van der Waals surface area contributed by atoms with Crippen LogP contribution in [0, 0.1) is 0 Å². The highest BCUT2D eigenvalue weighted by atomic mass is 35.5. The SMILES string of the molecule is COc1cc([C@H]2CC(=O)C3=C(C2)NC(=O)C[C@@H]3c2cccc(Cl)c2)ccc1OC(C)C. The Morgan fingerprint density at radius 2 is 1.81 bits per heavy atom. The number of hydrogen-bond acceptors (Lipinski definition) is 4. The molecule has 1 aliphatic carbocycles. The standard InChI is InChI=1S/C25H26ClNO4/c1-14(2)31-22-8-7-15(12-23(22)30-3)17-10-20-25(21(28)11-17)19(13-24(29)27-20)16-5-4-6-18(26)9-16/h4-9,12,14,17,19H,10-11,13H2,1-3H3,(H,27,29)/t17-,19-/m1/s1. The largest absolute Gasteiger partial charge is 0.493 e. The first kappa shape index (κ1) is 21.4. The number of benzene rings is 2. The normalized spacial score (nSPS) is 21.1. The number of ether oxygens (including phenoxy) is 2. The quantitative estimate of drug-likeness (QED) is 0.700. The summed E-state index contributed by atoms with van der Waals surface area (Å²) in [5.74, 6) is 1.02. The van der Waals surface area contributed by atoms with E-state index < -0.39 is 0 Å². The maximum atomic E-state index is 13.3. The molecule has 4 rings (SSSR count). The molecule has 0 saturated heterocycles. The summed E-state index contributed by atoms with van der Waals surface area (Å²) in [4.78, 5) is 25.7. The van der Waals surface area contributed by atoms with Crippen LogP contribution in [0.15, 0.2) is 53.7 Å². The Morgan fingerprint density at radius 1 is 1.00 bits per heavy atom. The lowest BCUT2D eigenvalue weighted by Gasteiger charge is -2.34. The Hall–Kier alpha value is -2.79. The van der Waals surface area contributed by atoms with E-state index in [1.54, 1.807) is 13.2 Å². The van der Waals surface area contributed by atoms with Gasteiger partial charge in [-0.05, 0) is 61.6 Å². The molecule has 1 amide bonds. The number of Topliss-reactive ketones (excluding diaryl/α,β-unsaturated/α-hetero) is 1. The van der Waals surface area contributed by atoms with Gasteiger partial charge in [-0.3, -0.25) is 9.59 Å². The van der Waals surface area contributed by atoms with Crippen LogP contribution in [0.2, 0.25) is 5.02 Å². The molecule has 1 heterocycles. The van der Waals surface area contributed by atoms with E-state index in [0.29, 0.717) is 34.9 Å². The van der Waals surface area contributed by atoms with Gasteiger partial charge in [-0.1, -0.05) is 29.8 Å². The number of rotatable bonds is 5. The number of nitrogens with one attached hydrogen (secondary N) is 1. The molecule has 2 atom stereocenters. The minimum atomic E-state index is -0.257. The van der Waals surface area contributed by atoms with Gasteiger partial charge in [0.25, 0.3) is 0 Å². The van der Waals surface area contributed by atoms with Gasteiger partial charge in [-0.2, -0.15) is 0 Å². The molecule has 6 heteroatoms. The van der Waals surface area contributed by atoms with Crippen molar-refractivity contribution in [2.75, 3.05) is 7.11 Å². The van der Waals surface area contributed by atoms with Crippen molar-refractivity contribution in [3.8, 4) is 11.5 Å². The van der Waals surface area contributed by atoms with Crippen LogP contribution in [0.25, 0.3) is 0 Å². The number of hydrogen-bond donors (Lipinski definition) is 1. The molecule has 1 N–H and O–H groups in total.